The number of hydrogen-bond acceptors (Lipinski definition) is 3. The monoisotopic (exact) mass is 363 g/mol. The maximum Gasteiger partial charge on any atom is 0.127 e. The Labute approximate surface area is 154 Å². The zero-order valence-electron chi connectivity index (χ0n) is 15.6. The molecule has 1 unspecified atom stereocenters. The Bertz CT molecular complexity index is 683. The van der Waals surface area contributed by atoms with Gasteiger partial charge in [-0.3, -0.25) is 4.90 Å². The average Bonchev–Trinajstić information content (AvgIpc) is 2.56. The van der Waals surface area contributed by atoms with E-state index in [1.165, 1.54) is 18.2 Å². The van der Waals surface area contributed by atoms with Gasteiger partial charge in [-0.05, 0) is 44.5 Å². The standard InChI is InChI=1S/C21H27F2NO2/c1-21(2,3)26-15-19(25)14-24(12-16-8-10-18(22)11-9-16)13-17-6-4-5-7-20(17)23/h4-11,19,25H,12-15H2,1-3H3. The molecule has 0 saturated heterocycles. The van der Waals surface area contributed by atoms with Crippen molar-refractivity contribution in [2.24, 2.45) is 0 Å². The van der Waals surface area contributed by atoms with Crippen molar-refractivity contribution in [1.29, 1.82) is 0 Å². The maximum absolute atomic E-state index is 14.0. The minimum Gasteiger partial charge on any atom is -0.389 e. The Balaban J connectivity index is 2.07. The average molecular weight is 363 g/mol. The summed E-state index contributed by atoms with van der Waals surface area (Å²) in [5.41, 5.74) is 1.11. The number of nitrogens with zero attached hydrogens (tertiary/aromatic N) is 1. The molecule has 1 N–H and O–H groups in total. The van der Waals surface area contributed by atoms with Gasteiger partial charge in [-0.25, -0.2) is 8.78 Å². The molecule has 2 rings (SSSR count). The molecule has 142 valence electrons. The molecule has 0 fully saturated rings. The van der Waals surface area contributed by atoms with Crippen LogP contribution < -0.4 is 0 Å². The summed E-state index contributed by atoms with van der Waals surface area (Å²) in [7, 11) is 0. The fourth-order valence-electron chi connectivity index (χ4n) is 2.60. The van der Waals surface area contributed by atoms with Gasteiger partial charge in [0.25, 0.3) is 0 Å². The van der Waals surface area contributed by atoms with Crippen LogP contribution in [0.25, 0.3) is 0 Å². The quantitative estimate of drug-likeness (QED) is 0.765. The van der Waals surface area contributed by atoms with Gasteiger partial charge in [0.1, 0.15) is 11.6 Å². The van der Waals surface area contributed by atoms with Gasteiger partial charge in [-0.1, -0.05) is 30.3 Å². The van der Waals surface area contributed by atoms with Gasteiger partial charge in [0.05, 0.1) is 18.3 Å². The van der Waals surface area contributed by atoms with Gasteiger partial charge in [0.2, 0.25) is 0 Å². The lowest BCUT2D eigenvalue weighted by molar-refractivity contribution is -0.0573. The number of benzene rings is 2. The summed E-state index contributed by atoms with van der Waals surface area (Å²) < 4.78 is 32.8. The Morgan fingerprint density at radius 3 is 2.27 bits per heavy atom. The normalized spacial score (nSPS) is 13.2. The molecule has 0 aliphatic heterocycles. The van der Waals surface area contributed by atoms with Gasteiger partial charge in [-0.2, -0.15) is 0 Å². The van der Waals surface area contributed by atoms with Crippen LogP contribution in [0, 0.1) is 11.6 Å². The van der Waals surface area contributed by atoms with Crippen LogP contribution in [0.2, 0.25) is 0 Å². The van der Waals surface area contributed by atoms with Crippen LogP contribution in [-0.4, -0.2) is 34.9 Å². The van der Waals surface area contributed by atoms with Crippen molar-refractivity contribution in [1.82, 2.24) is 4.90 Å². The van der Waals surface area contributed by atoms with Gasteiger partial charge < -0.3 is 9.84 Å². The minimum atomic E-state index is -0.707. The van der Waals surface area contributed by atoms with Crippen LogP contribution in [0.1, 0.15) is 31.9 Å². The minimum absolute atomic E-state index is 0.195. The zero-order valence-corrected chi connectivity index (χ0v) is 15.6. The summed E-state index contributed by atoms with van der Waals surface area (Å²) in [5, 5.41) is 10.3. The number of aliphatic hydroxyl groups is 1. The molecule has 0 aromatic heterocycles. The highest BCUT2D eigenvalue weighted by molar-refractivity contribution is 5.19. The molecule has 0 saturated carbocycles. The van der Waals surface area contributed by atoms with E-state index in [9.17, 15) is 13.9 Å². The van der Waals surface area contributed by atoms with E-state index in [1.54, 1.807) is 30.3 Å². The summed E-state index contributed by atoms with van der Waals surface area (Å²) in [6.07, 6.45) is -0.707. The Kier molecular flexibility index (Phi) is 7.26. The van der Waals surface area contributed by atoms with Crippen molar-refractivity contribution in [2.45, 2.75) is 45.6 Å². The molecule has 0 aliphatic carbocycles. The number of aliphatic hydroxyl groups excluding tert-OH is 1. The van der Waals surface area contributed by atoms with Crippen molar-refractivity contribution < 1.29 is 18.6 Å². The van der Waals surface area contributed by atoms with E-state index < -0.39 is 6.10 Å². The number of hydrogen-bond donors (Lipinski definition) is 1. The largest absolute Gasteiger partial charge is 0.389 e. The van der Waals surface area contributed by atoms with Crippen molar-refractivity contribution in [2.75, 3.05) is 13.2 Å². The Morgan fingerprint density at radius 2 is 1.65 bits per heavy atom. The van der Waals surface area contributed by atoms with Gasteiger partial charge in [-0.15, -0.1) is 0 Å². The number of halogens is 2. The number of ether oxygens (including phenoxy) is 1. The van der Waals surface area contributed by atoms with Crippen LogP contribution in [0.5, 0.6) is 0 Å². The molecular weight excluding hydrogens is 336 g/mol. The SMILES string of the molecule is CC(C)(C)OCC(O)CN(Cc1ccc(F)cc1)Cc1ccccc1F. The predicted molar refractivity (Wildman–Crippen MR) is 98.6 cm³/mol. The molecule has 2 aromatic rings. The van der Waals surface area contributed by atoms with E-state index in [2.05, 4.69) is 0 Å². The molecule has 0 amide bonds. The molecule has 0 bridgehead atoms. The molecule has 0 spiro atoms. The second-order valence-electron chi connectivity index (χ2n) is 7.46. The second kappa shape index (κ2) is 9.21. The molecule has 0 heterocycles. The highest BCUT2D eigenvalue weighted by Crippen LogP contribution is 2.15. The Hall–Kier alpha value is -1.82. The lowest BCUT2D eigenvalue weighted by Gasteiger charge is -2.27. The lowest BCUT2D eigenvalue weighted by Crippen LogP contribution is -2.36. The highest BCUT2D eigenvalue weighted by Gasteiger charge is 2.18. The van der Waals surface area contributed by atoms with E-state index in [1.807, 2.05) is 25.7 Å². The molecule has 5 heteroatoms. The first-order valence-electron chi connectivity index (χ1n) is 8.75. The molecule has 1 atom stereocenters. The topological polar surface area (TPSA) is 32.7 Å². The predicted octanol–water partition coefficient (Wildman–Crippen LogP) is 4.14. The van der Waals surface area contributed by atoms with Crippen molar-refractivity contribution in [3.8, 4) is 0 Å². The van der Waals surface area contributed by atoms with Crippen LogP contribution in [0.15, 0.2) is 48.5 Å². The molecular formula is C21H27F2NO2. The Morgan fingerprint density at radius 1 is 1.00 bits per heavy atom. The van der Waals surface area contributed by atoms with E-state index in [-0.39, 0.29) is 23.8 Å². The molecule has 3 nitrogen and oxygen atoms in total. The van der Waals surface area contributed by atoms with Crippen molar-refractivity contribution in [3.05, 3.63) is 71.3 Å². The zero-order chi connectivity index (χ0) is 19.2. The first-order chi connectivity index (χ1) is 12.2. The second-order valence-corrected chi connectivity index (χ2v) is 7.46. The summed E-state index contributed by atoms with van der Waals surface area (Å²) in [6, 6.07) is 12.8. The summed E-state index contributed by atoms with van der Waals surface area (Å²) in [5.74, 6) is -0.579. The van der Waals surface area contributed by atoms with Crippen LogP contribution in [0.4, 0.5) is 8.78 Å². The lowest BCUT2D eigenvalue weighted by atomic mass is 10.1. The summed E-state index contributed by atoms with van der Waals surface area (Å²) >= 11 is 0. The van der Waals surface area contributed by atoms with Gasteiger partial charge in [0.15, 0.2) is 0 Å². The maximum atomic E-state index is 14.0. The van der Waals surface area contributed by atoms with E-state index in [0.29, 0.717) is 25.2 Å². The van der Waals surface area contributed by atoms with Gasteiger partial charge in [0, 0.05) is 25.2 Å². The molecule has 2 aromatic carbocycles. The highest BCUT2D eigenvalue weighted by atomic mass is 19.1. The van der Waals surface area contributed by atoms with Crippen LogP contribution in [0.3, 0.4) is 0 Å². The summed E-state index contributed by atoms with van der Waals surface area (Å²) in [4.78, 5) is 1.93. The molecule has 0 radical (unpaired) electrons. The fourth-order valence-corrected chi connectivity index (χ4v) is 2.60. The third-order valence-electron chi connectivity index (χ3n) is 3.85. The number of rotatable bonds is 8. The fraction of sp³-hybridized carbons (Fsp3) is 0.429. The van der Waals surface area contributed by atoms with Crippen LogP contribution in [-0.2, 0) is 17.8 Å². The summed E-state index contributed by atoms with van der Waals surface area (Å²) in [6.45, 7) is 7.11. The molecule has 26 heavy (non-hydrogen) atoms. The first kappa shape index (κ1) is 20.5. The van der Waals surface area contributed by atoms with Crippen molar-refractivity contribution >= 4 is 0 Å². The van der Waals surface area contributed by atoms with Crippen molar-refractivity contribution in [3.63, 3.8) is 0 Å². The third-order valence-corrected chi connectivity index (χ3v) is 3.85. The van der Waals surface area contributed by atoms with E-state index in [0.717, 1.165) is 5.56 Å². The van der Waals surface area contributed by atoms with Gasteiger partial charge >= 0.3 is 0 Å². The third kappa shape index (κ3) is 7.20. The smallest absolute Gasteiger partial charge is 0.127 e. The van der Waals surface area contributed by atoms with Crippen LogP contribution >= 0.6 is 0 Å². The molecule has 0 aliphatic rings. The first-order valence-corrected chi connectivity index (χ1v) is 8.75. The van der Waals surface area contributed by atoms with E-state index in [4.69, 9.17) is 4.74 Å². The van der Waals surface area contributed by atoms with E-state index >= 15 is 0 Å².